The molecule has 1 atom stereocenters. The number of carbonyl (C=O) groups excluding carboxylic acids is 1. The SMILES string of the molecule is Cc1ccc(Cl)cc1NC(=O)C(C)Sc1nnc(-c2ccc(Cl)cc2)n1C. The van der Waals surface area contributed by atoms with Crippen molar-refractivity contribution in [2.75, 3.05) is 5.32 Å². The van der Waals surface area contributed by atoms with Gasteiger partial charge in [-0.1, -0.05) is 41.0 Å². The first-order valence-corrected chi connectivity index (χ1v) is 9.87. The molecule has 3 rings (SSSR count). The van der Waals surface area contributed by atoms with E-state index in [-0.39, 0.29) is 11.2 Å². The molecule has 0 saturated carbocycles. The van der Waals surface area contributed by atoms with Gasteiger partial charge in [-0.3, -0.25) is 4.79 Å². The number of halogens is 2. The van der Waals surface area contributed by atoms with E-state index in [2.05, 4.69) is 15.5 Å². The van der Waals surface area contributed by atoms with Crippen LogP contribution in [0.25, 0.3) is 11.4 Å². The minimum Gasteiger partial charge on any atom is -0.325 e. The van der Waals surface area contributed by atoms with Crippen molar-refractivity contribution >= 4 is 46.6 Å². The zero-order chi connectivity index (χ0) is 19.6. The monoisotopic (exact) mass is 420 g/mol. The number of nitrogens with one attached hydrogen (secondary N) is 1. The van der Waals surface area contributed by atoms with Crippen LogP contribution in [-0.2, 0) is 11.8 Å². The minimum atomic E-state index is -0.357. The molecule has 5 nitrogen and oxygen atoms in total. The third kappa shape index (κ3) is 4.64. The maximum Gasteiger partial charge on any atom is 0.237 e. The molecular formula is C19H18Cl2N4OS. The average molecular weight is 421 g/mol. The molecule has 8 heteroatoms. The van der Waals surface area contributed by atoms with E-state index in [0.717, 1.165) is 11.1 Å². The Hall–Kier alpha value is -2.02. The van der Waals surface area contributed by atoms with Gasteiger partial charge in [0.25, 0.3) is 0 Å². The van der Waals surface area contributed by atoms with Crippen LogP contribution in [0.15, 0.2) is 47.6 Å². The molecule has 1 heterocycles. The Labute approximate surface area is 172 Å². The van der Waals surface area contributed by atoms with Crippen LogP contribution in [0.2, 0.25) is 10.0 Å². The molecule has 0 spiro atoms. The number of aryl methyl sites for hydroxylation is 1. The number of carbonyl (C=O) groups is 1. The highest BCUT2D eigenvalue weighted by atomic mass is 35.5. The summed E-state index contributed by atoms with van der Waals surface area (Å²) in [6.07, 6.45) is 0. The fourth-order valence-corrected chi connectivity index (χ4v) is 3.56. The number of anilines is 1. The van der Waals surface area contributed by atoms with E-state index in [4.69, 9.17) is 23.2 Å². The molecule has 0 aliphatic rings. The lowest BCUT2D eigenvalue weighted by Gasteiger charge is -2.13. The van der Waals surface area contributed by atoms with Gasteiger partial charge in [0.2, 0.25) is 5.91 Å². The summed E-state index contributed by atoms with van der Waals surface area (Å²) >= 11 is 13.3. The number of amides is 1. The maximum atomic E-state index is 12.6. The maximum absolute atomic E-state index is 12.6. The Morgan fingerprint density at radius 2 is 1.78 bits per heavy atom. The fraction of sp³-hybridized carbons (Fsp3) is 0.211. The second-order valence-corrected chi connectivity index (χ2v) is 8.26. The molecule has 27 heavy (non-hydrogen) atoms. The lowest BCUT2D eigenvalue weighted by molar-refractivity contribution is -0.115. The first-order chi connectivity index (χ1) is 12.8. The highest BCUT2D eigenvalue weighted by molar-refractivity contribution is 8.00. The van der Waals surface area contributed by atoms with E-state index in [1.54, 1.807) is 12.1 Å². The van der Waals surface area contributed by atoms with Gasteiger partial charge < -0.3 is 9.88 Å². The van der Waals surface area contributed by atoms with Crippen LogP contribution in [-0.4, -0.2) is 25.9 Å². The van der Waals surface area contributed by atoms with E-state index in [9.17, 15) is 4.79 Å². The second-order valence-electron chi connectivity index (χ2n) is 6.08. The Balaban J connectivity index is 1.72. The van der Waals surface area contributed by atoms with Crippen LogP contribution in [0.3, 0.4) is 0 Å². The predicted molar refractivity (Wildman–Crippen MR) is 112 cm³/mol. The molecule has 0 bridgehead atoms. The molecular weight excluding hydrogens is 403 g/mol. The van der Waals surface area contributed by atoms with Gasteiger partial charge in [0, 0.05) is 28.3 Å². The number of nitrogens with zero attached hydrogens (tertiary/aromatic N) is 3. The minimum absolute atomic E-state index is 0.124. The van der Waals surface area contributed by atoms with Crippen molar-refractivity contribution in [1.29, 1.82) is 0 Å². The molecule has 3 aromatic rings. The molecule has 0 aliphatic heterocycles. The zero-order valence-corrected chi connectivity index (χ0v) is 17.4. The summed E-state index contributed by atoms with van der Waals surface area (Å²) in [7, 11) is 1.87. The predicted octanol–water partition coefficient (Wildman–Crippen LogP) is 5.22. The van der Waals surface area contributed by atoms with Gasteiger partial charge in [-0.25, -0.2) is 0 Å². The van der Waals surface area contributed by atoms with E-state index < -0.39 is 0 Å². The summed E-state index contributed by atoms with van der Waals surface area (Å²) < 4.78 is 1.86. The third-order valence-corrected chi connectivity index (χ3v) is 5.67. The highest BCUT2D eigenvalue weighted by Gasteiger charge is 2.20. The first-order valence-electron chi connectivity index (χ1n) is 8.24. The van der Waals surface area contributed by atoms with Gasteiger partial charge in [0.1, 0.15) is 0 Å². The molecule has 1 unspecified atom stereocenters. The molecule has 0 aliphatic carbocycles. The van der Waals surface area contributed by atoms with Crippen LogP contribution in [0.5, 0.6) is 0 Å². The first kappa shape index (κ1) is 19.7. The lowest BCUT2D eigenvalue weighted by atomic mass is 10.2. The van der Waals surface area contributed by atoms with Crippen molar-refractivity contribution in [3.63, 3.8) is 0 Å². The van der Waals surface area contributed by atoms with Gasteiger partial charge in [-0.2, -0.15) is 0 Å². The second kappa shape index (κ2) is 8.33. The van der Waals surface area contributed by atoms with Gasteiger partial charge in [-0.05, 0) is 55.8 Å². The van der Waals surface area contributed by atoms with Crippen LogP contribution >= 0.6 is 35.0 Å². The quantitative estimate of drug-likeness (QED) is 0.574. The summed E-state index contributed by atoms with van der Waals surface area (Å²) in [6, 6.07) is 12.8. The molecule has 0 fully saturated rings. The molecule has 1 amide bonds. The van der Waals surface area contributed by atoms with Gasteiger partial charge in [-0.15, -0.1) is 10.2 Å². The van der Waals surface area contributed by atoms with Crippen LogP contribution in [0.4, 0.5) is 5.69 Å². The fourth-order valence-electron chi connectivity index (χ4n) is 2.44. The Morgan fingerprint density at radius 3 is 2.48 bits per heavy atom. The normalized spacial score (nSPS) is 12.0. The molecule has 2 aromatic carbocycles. The van der Waals surface area contributed by atoms with E-state index >= 15 is 0 Å². The van der Waals surface area contributed by atoms with E-state index in [1.165, 1.54) is 11.8 Å². The number of hydrogen-bond donors (Lipinski definition) is 1. The summed E-state index contributed by atoms with van der Waals surface area (Å²) in [4.78, 5) is 12.6. The van der Waals surface area contributed by atoms with Crippen molar-refractivity contribution in [2.45, 2.75) is 24.3 Å². The lowest BCUT2D eigenvalue weighted by Crippen LogP contribution is -2.23. The largest absolute Gasteiger partial charge is 0.325 e. The number of benzene rings is 2. The Morgan fingerprint density at radius 1 is 1.11 bits per heavy atom. The average Bonchev–Trinajstić information content (AvgIpc) is 2.99. The van der Waals surface area contributed by atoms with Crippen molar-refractivity contribution in [2.24, 2.45) is 7.05 Å². The van der Waals surface area contributed by atoms with Crippen molar-refractivity contribution in [3.8, 4) is 11.4 Å². The third-order valence-electron chi connectivity index (χ3n) is 4.05. The number of rotatable bonds is 5. The Bertz CT molecular complexity index is 972. The smallest absolute Gasteiger partial charge is 0.237 e. The van der Waals surface area contributed by atoms with Crippen LogP contribution in [0.1, 0.15) is 12.5 Å². The Kier molecular flexibility index (Phi) is 6.09. The number of aromatic nitrogens is 3. The van der Waals surface area contributed by atoms with Gasteiger partial charge >= 0.3 is 0 Å². The molecule has 1 aromatic heterocycles. The topological polar surface area (TPSA) is 59.8 Å². The standard InChI is InChI=1S/C19H18Cl2N4OS/c1-11-4-7-15(21)10-16(11)22-18(26)12(2)27-19-24-23-17(25(19)3)13-5-8-14(20)9-6-13/h4-10,12H,1-3H3,(H,22,26). The molecule has 0 radical (unpaired) electrons. The summed E-state index contributed by atoms with van der Waals surface area (Å²) in [5.41, 5.74) is 2.57. The summed E-state index contributed by atoms with van der Waals surface area (Å²) in [5.74, 6) is 0.592. The van der Waals surface area contributed by atoms with Crippen LogP contribution in [0, 0.1) is 6.92 Å². The van der Waals surface area contributed by atoms with E-state index in [0.29, 0.717) is 26.7 Å². The van der Waals surface area contributed by atoms with E-state index in [1.807, 2.05) is 55.8 Å². The molecule has 140 valence electrons. The van der Waals surface area contributed by atoms with Crippen molar-refractivity contribution < 1.29 is 4.79 Å². The summed E-state index contributed by atoms with van der Waals surface area (Å²) in [6.45, 7) is 3.75. The van der Waals surface area contributed by atoms with Gasteiger partial charge in [0.15, 0.2) is 11.0 Å². The van der Waals surface area contributed by atoms with Crippen LogP contribution < -0.4 is 5.32 Å². The van der Waals surface area contributed by atoms with Crippen molar-refractivity contribution in [3.05, 3.63) is 58.1 Å². The number of hydrogen-bond acceptors (Lipinski definition) is 4. The summed E-state index contributed by atoms with van der Waals surface area (Å²) in [5, 5.41) is 12.9. The van der Waals surface area contributed by atoms with Crippen molar-refractivity contribution in [1.82, 2.24) is 14.8 Å². The molecule has 0 saturated heterocycles. The number of thioether (sulfide) groups is 1. The molecule has 1 N–H and O–H groups in total. The highest BCUT2D eigenvalue weighted by Crippen LogP contribution is 2.27. The zero-order valence-electron chi connectivity index (χ0n) is 15.0. The van der Waals surface area contributed by atoms with Gasteiger partial charge in [0.05, 0.1) is 5.25 Å².